The van der Waals surface area contributed by atoms with E-state index in [4.69, 9.17) is 4.74 Å². The van der Waals surface area contributed by atoms with Gasteiger partial charge in [0.1, 0.15) is 0 Å². The van der Waals surface area contributed by atoms with Gasteiger partial charge in [-0.15, -0.1) is 11.3 Å². The van der Waals surface area contributed by atoms with E-state index in [9.17, 15) is 14.4 Å². The average molecular weight is 381 g/mol. The van der Waals surface area contributed by atoms with Crippen LogP contribution in [0.5, 0.6) is 0 Å². The van der Waals surface area contributed by atoms with Gasteiger partial charge in [0.25, 0.3) is 11.8 Å². The first-order valence-corrected chi connectivity index (χ1v) is 9.12. The molecule has 0 spiro atoms. The van der Waals surface area contributed by atoms with Crippen LogP contribution in [0.1, 0.15) is 21.4 Å². The van der Waals surface area contributed by atoms with Crippen LogP contribution in [-0.2, 0) is 9.53 Å². The Hall–Kier alpha value is -3.26. The standard InChI is InChI=1S/C19H15N3O4S/c23-16-11-26-19(25)22(16)10-14(12-6-2-1-3-7-12)20-17(24)18-21-13-8-4-5-9-15(13)27-18/h1-9,14H,10-11H2,(H,20,24). The highest BCUT2D eigenvalue weighted by Crippen LogP contribution is 2.23. The number of thiazole rings is 1. The molecule has 0 radical (unpaired) electrons. The monoisotopic (exact) mass is 381 g/mol. The van der Waals surface area contributed by atoms with Crippen molar-refractivity contribution >= 4 is 39.5 Å². The summed E-state index contributed by atoms with van der Waals surface area (Å²) in [5.41, 5.74) is 1.53. The maximum Gasteiger partial charge on any atom is 0.417 e. The molecule has 1 aliphatic rings. The van der Waals surface area contributed by atoms with Crippen LogP contribution in [0.15, 0.2) is 54.6 Å². The number of benzene rings is 2. The first-order valence-electron chi connectivity index (χ1n) is 8.30. The van der Waals surface area contributed by atoms with Gasteiger partial charge in [0.15, 0.2) is 11.6 Å². The zero-order valence-electron chi connectivity index (χ0n) is 14.1. The fourth-order valence-corrected chi connectivity index (χ4v) is 3.72. The number of nitrogens with zero attached hydrogens (tertiary/aromatic N) is 2. The Morgan fingerprint density at radius 2 is 1.89 bits per heavy atom. The first-order chi connectivity index (χ1) is 13.1. The van der Waals surface area contributed by atoms with Gasteiger partial charge in [0.2, 0.25) is 0 Å². The maximum atomic E-state index is 12.8. The molecule has 1 aliphatic heterocycles. The van der Waals surface area contributed by atoms with Gasteiger partial charge in [0.05, 0.1) is 22.8 Å². The third kappa shape index (κ3) is 3.52. The van der Waals surface area contributed by atoms with E-state index in [1.54, 1.807) is 0 Å². The summed E-state index contributed by atoms with van der Waals surface area (Å²) in [6.45, 7) is -0.273. The topological polar surface area (TPSA) is 88.6 Å². The van der Waals surface area contributed by atoms with Gasteiger partial charge in [-0.1, -0.05) is 42.5 Å². The molecule has 2 heterocycles. The molecule has 1 atom stereocenters. The molecule has 1 saturated heterocycles. The van der Waals surface area contributed by atoms with E-state index in [2.05, 4.69) is 10.3 Å². The summed E-state index contributed by atoms with van der Waals surface area (Å²) >= 11 is 1.29. The number of fused-ring (bicyclic) bond motifs is 1. The highest BCUT2D eigenvalue weighted by atomic mass is 32.1. The lowest BCUT2D eigenvalue weighted by atomic mass is 10.1. The minimum absolute atomic E-state index is 0.00167. The van der Waals surface area contributed by atoms with Crippen LogP contribution in [0, 0.1) is 0 Å². The van der Waals surface area contributed by atoms with Gasteiger partial charge in [-0.25, -0.2) is 14.7 Å². The van der Waals surface area contributed by atoms with Crippen molar-refractivity contribution in [2.24, 2.45) is 0 Å². The quantitative estimate of drug-likeness (QED) is 0.734. The Morgan fingerprint density at radius 3 is 2.59 bits per heavy atom. The number of ether oxygens (including phenoxy) is 1. The van der Waals surface area contributed by atoms with E-state index in [0.717, 1.165) is 20.7 Å². The van der Waals surface area contributed by atoms with Gasteiger partial charge in [-0.3, -0.25) is 9.59 Å². The third-order valence-electron chi connectivity index (χ3n) is 4.20. The number of aromatic nitrogens is 1. The molecule has 3 amide bonds. The van der Waals surface area contributed by atoms with Crippen molar-refractivity contribution in [1.82, 2.24) is 15.2 Å². The van der Waals surface area contributed by atoms with E-state index in [-0.39, 0.29) is 19.1 Å². The highest BCUT2D eigenvalue weighted by Gasteiger charge is 2.34. The van der Waals surface area contributed by atoms with Gasteiger partial charge >= 0.3 is 6.09 Å². The van der Waals surface area contributed by atoms with E-state index >= 15 is 0 Å². The first kappa shape index (κ1) is 17.2. The van der Waals surface area contributed by atoms with Crippen LogP contribution < -0.4 is 5.32 Å². The third-order valence-corrected chi connectivity index (χ3v) is 5.24. The Labute approximate surface area is 158 Å². The number of imide groups is 1. The Bertz CT molecular complexity index is 969. The summed E-state index contributed by atoms with van der Waals surface area (Å²) < 4.78 is 5.67. The number of cyclic esters (lactones) is 1. The molecule has 136 valence electrons. The van der Waals surface area contributed by atoms with Crippen molar-refractivity contribution in [2.45, 2.75) is 6.04 Å². The fraction of sp³-hybridized carbons (Fsp3) is 0.158. The van der Waals surface area contributed by atoms with Crippen molar-refractivity contribution in [2.75, 3.05) is 13.2 Å². The highest BCUT2D eigenvalue weighted by molar-refractivity contribution is 7.20. The molecular formula is C19H15N3O4S. The molecule has 3 aromatic rings. The molecule has 27 heavy (non-hydrogen) atoms. The van der Waals surface area contributed by atoms with E-state index in [0.29, 0.717) is 5.01 Å². The molecule has 1 fully saturated rings. The largest absolute Gasteiger partial charge is 0.439 e. The summed E-state index contributed by atoms with van der Waals surface area (Å²) in [7, 11) is 0. The van der Waals surface area contributed by atoms with Gasteiger partial charge in [-0.05, 0) is 17.7 Å². The summed E-state index contributed by atoms with van der Waals surface area (Å²) in [5, 5.41) is 3.21. The van der Waals surface area contributed by atoms with Crippen molar-refractivity contribution in [3.63, 3.8) is 0 Å². The Balaban J connectivity index is 1.59. The number of rotatable bonds is 5. The number of para-hydroxylation sites is 1. The lowest BCUT2D eigenvalue weighted by molar-refractivity contribution is -0.126. The Morgan fingerprint density at radius 1 is 1.15 bits per heavy atom. The van der Waals surface area contributed by atoms with Crippen LogP contribution in [0.3, 0.4) is 0 Å². The zero-order chi connectivity index (χ0) is 18.8. The average Bonchev–Trinajstić information content (AvgIpc) is 3.26. The van der Waals surface area contributed by atoms with Crippen molar-refractivity contribution in [1.29, 1.82) is 0 Å². The summed E-state index contributed by atoms with van der Waals surface area (Å²) in [5.74, 6) is -0.778. The molecule has 1 aromatic heterocycles. The second-order valence-electron chi connectivity index (χ2n) is 5.98. The van der Waals surface area contributed by atoms with Crippen molar-refractivity contribution < 1.29 is 19.1 Å². The molecular weight excluding hydrogens is 366 g/mol. The number of nitrogens with one attached hydrogen (secondary N) is 1. The van der Waals surface area contributed by atoms with Crippen LogP contribution in [0.2, 0.25) is 0 Å². The number of carbonyl (C=O) groups is 3. The predicted molar refractivity (Wildman–Crippen MR) is 99.3 cm³/mol. The van der Waals surface area contributed by atoms with E-state index < -0.39 is 18.0 Å². The lowest BCUT2D eigenvalue weighted by Crippen LogP contribution is -2.40. The second kappa shape index (κ2) is 7.16. The summed E-state index contributed by atoms with van der Waals surface area (Å²) in [6, 6.07) is 16.1. The molecule has 0 bridgehead atoms. The number of hydrogen-bond donors (Lipinski definition) is 1. The molecule has 7 nitrogen and oxygen atoms in total. The molecule has 0 aliphatic carbocycles. The van der Waals surface area contributed by atoms with E-state index in [1.165, 1.54) is 11.3 Å². The summed E-state index contributed by atoms with van der Waals surface area (Å²) in [6.07, 6.45) is -0.699. The molecule has 1 N–H and O–H groups in total. The van der Waals surface area contributed by atoms with Gasteiger partial charge < -0.3 is 10.1 Å². The number of carbonyl (C=O) groups excluding carboxylic acids is 3. The molecule has 4 rings (SSSR count). The zero-order valence-corrected chi connectivity index (χ0v) is 14.9. The van der Waals surface area contributed by atoms with Crippen molar-refractivity contribution in [3.05, 3.63) is 65.2 Å². The summed E-state index contributed by atoms with van der Waals surface area (Å²) in [4.78, 5) is 41.8. The van der Waals surface area contributed by atoms with Crippen LogP contribution >= 0.6 is 11.3 Å². The minimum Gasteiger partial charge on any atom is -0.439 e. The Kier molecular flexibility index (Phi) is 4.55. The lowest BCUT2D eigenvalue weighted by Gasteiger charge is -2.22. The SMILES string of the molecule is O=C(NC(CN1C(=O)COC1=O)c1ccccc1)c1nc2ccccc2s1. The normalized spacial score (nSPS) is 15.0. The molecule has 0 saturated carbocycles. The smallest absolute Gasteiger partial charge is 0.417 e. The van der Waals surface area contributed by atoms with Crippen molar-refractivity contribution in [3.8, 4) is 0 Å². The number of amides is 3. The van der Waals surface area contributed by atoms with E-state index in [1.807, 2.05) is 54.6 Å². The number of hydrogen-bond acceptors (Lipinski definition) is 6. The molecule has 8 heteroatoms. The molecule has 2 aromatic carbocycles. The van der Waals surface area contributed by atoms with Crippen LogP contribution in [-0.4, -0.2) is 40.9 Å². The maximum absolute atomic E-state index is 12.8. The van der Waals surface area contributed by atoms with Crippen LogP contribution in [0.25, 0.3) is 10.2 Å². The molecule has 1 unspecified atom stereocenters. The predicted octanol–water partition coefficient (Wildman–Crippen LogP) is 2.75. The van der Waals surface area contributed by atoms with Gasteiger partial charge in [0, 0.05) is 0 Å². The van der Waals surface area contributed by atoms with Crippen LogP contribution in [0.4, 0.5) is 4.79 Å². The fourth-order valence-electron chi connectivity index (χ4n) is 2.85. The second-order valence-corrected chi connectivity index (χ2v) is 7.01. The minimum atomic E-state index is -0.699. The van der Waals surface area contributed by atoms with Gasteiger partial charge in [-0.2, -0.15) is 0 Å².